The second kappa shape index (κ2) is 6.97. The maximum Gasteiger partial charge on any atom is 0.256 e. The molecule has 0 spiro atoms. The van der Waals surface area contributed by atoms with Crippen molar-refractivity contribution in [1.29, 1.82) is 0 Å². The Labute approximate surface area is 121 Å². The lowest BCUT2D eigenvalue weighted by molar-refractivity contribution is 0.167. The summed E-state index contributed by atoms with van der Waals surface area (Å²) in [6.07, 6.45) is 3.36. The summed E-state index contributed by atoms with van der Waals surface area (Å²) in [5, 5.41) is 7.17. The van der Waals surface area contributed by atoms with E-state index in [1.165, 1.54) is 4.68 Å². The van der Waals surface area contributed by atoms with Gasteiger partial charge < -0.3 is 10.1 Å². The molecule has 0 aliphatic rings. The largest absolute Gasteiger partial charge is 0.375 e. The van der Waals surface area contributed by atoms with E-state index >= 15 is 0 Å². The van der Waals surface area contributed by atoms with Crippen LogP contribution in [0.5, 0.6) is 0 Å². The van der Waals surface area contributed by atoms with E-state index in [2.05, 4.69) is 31.9 Å². The minimum absolute atomic E-state index is 0.107. The number of nitrogens with zero attached hydrogens (tertiary/aromatic N) is 5. The Balaban J connectivity index is 1.93. The molecule has 0 aliphatic heterocycles. The highest BCUT2D eigenvalue weighted by molar-refractivity contribution is 6.28. The zero-order chi connectivity index (χ0) is 14.4. The molecule has 0 radical (unpaired) electrons. The van der Waals surface area contributed by atoms with Crippen molar-refractivity contribution in [2.75, 3.05) is 25.1 Å². The number of anilines is 1. The first-order chi connectivity index (χ1) is 9.65. The quantitative estimate of drug-likeness (QED) is 0.619. The second-order valence-corrected chi connectivity index (χ2v) is 4.45. The molecule has 0 saturated heterocycles. The van der Waals surface area contributed by atoms with Crippen molar-refractivity contribution in [3.63, 3.8) is 0 Å². The van der Waals surface area contributed by atoms with Crippen molar-refractivity contribution < 1.29 is 4.74 Å². The molecule has 2 aromatic rings. The number of aromatic nitrogens is 5. The normalized spacial score (nSPS) is 10.5. The minimum atomic E-state index is 0.107. The number of halogens is 1. The molecular formula is C12H15ClN6O. The number of hydrogen-bond acceptors (Lipinski definition) is 6. The molecule has 1 N–H and O–H groups in total. The smallest absolute Gasteiger partial charge is 0.256 e. The van der Waals surface area contributed by atoms with E-state index < -0.39 is 0 Å². The summed E-state index contributed by atoms with van der Waals surface area (Å²) >= 11 is 5.86. The van der Waals surface area contributed by atoms with Crippen LogP contribution in [-0.2, 0) is 4.74 Å². The molecule has 0 bridgehead atoms. The van der Waals surface area contributed by atoms with Crippen molar-refractivity contribution >= 4 is 17.5 Å². The Kier molecular flexibility index (Phi) is 5.03. The van der Waals surface area contributed by atoms with Crippen LogP contribution in [0.2, 0.25) is 5.28 Å². The number of ether oxygens (including phenoxy) is 1. The predicted molar refractivity (Wildman–Crippen MR) is 76.1 cm³/mol. The van der Waals surface area contributed by atoms with Crippen LogP contribution in [-0.4, -0.2) is 44.5 Å². The molecule has 106 valence electrons. The molecule has 7 nitrogen and oxygen atoms in total. The Hall–Kier alpha value is -1.99. The maximum atomic E-state index is 5.86. The second-order valence-electron chi connectivity index (χ2n) is 4.12. The van der Waals surface area contributed by atoms with Gasteiger partial charge >= 0.3 is 0 Å². The highest BCUT2D eigenvalue weighted by Gasteiger charge is 2.06. The van der Waals surface area contributed by atoms with Gasteiger partial charge in [-0.05, 0) is 24.6 Å². The molecule has 0 unspecified atom stereocenters. The van der Waals surface area contributed by atoms with Crippen molar-refractivity contribution in [3.8, 4) is 5.95 Å². The third kappa shape index (κ3) is 4.29. The van der Waals surface area contributed by atoms with Crippen molar-refractivity contribution in [2.45, 2.75) is 6.92 Å². The summed E-state index contributed by atoms with van der Waals surface area (Å²) in [4.78, 5) is 12.2. The van der Waals surface area contributed by atoms with Gasteiger partial charge in [0, 0.05) is 18.9 Å². The van der Waals surface area contributed by atoms with Crippen LogP contribution >= 0.6 is 11.6 Å². The first-order valence-electron chi connectivity index (χ1n) is 6.03. The van der Waals surface area contributed by atoms with Gasteiger partial charge in [-0.1, -0.05) is 12.2 Å². The topological polar surface area (TPSA) is 77.8 Å². The van der Waals surface area contributed by atoms with Crippen molar-refractivity contribution in [3.05, 3.63) is 35.9 Å². The van der Waals surface area contributed by atoms with Gasteiger partial charge in [-0.2, -0.15) is 20.1 Å². The van der Waals surface area contributed by atoms with Gasteiger partial charge in [0.05, 0.1) is 13.2 Å². The average Bonchev–Trinajstić information content (AvgIpc) is 2.91. The van der Waals surface area contributed by atoms with Crippen LogP contribution in [0.15, 0.2) is 30.6 Å². The average molecular weight is 295 g/mol. The first-order valence-corrected chi connectivity index (χ1v) is 6.40. The van der Waals surface area contributed by atoms with Gasteiger partial charge in [0.1, 0.15) is 0 Å². The predicted octanol–water partition coefficient (Wildman–Crippen LogP) is 1.72. The Morgan fingerprint density at radius 3 is 3.00 bits per heavy atom. The summed E-state index contributed by atoms with van der Waals surface area (Å²) < 4.78 is 6.88. The van der Waals surface area contributed by atoms with E-state index in [0.717, 1.165) is 5.57 Å². The molecule has 0 saturated carbocycles. The Morgan fingerprint density at radius 2 is 2.30 bits per heavy atom. The lowest BCUT2D eigenvalue weighted by Crippen LogP contribution is -2.14. The molecule has 0 aliphatic carbocycles. The van der Waals surface area contributed by atoms with E-state index in [-0.39, 0.29) is 5.28 Å². The Bertz CT molecular complexity index is 571. The van der Waals surface area contributed by atoms with E-state index in [0.29, 0.717) is 31.7 Å². The number of nitrogens with one attached hydrogen (secondary N) is 1. The molecule has 8 heteroatoms. The summed E-state index contributed by atoms with van der Waals surface area (Å²) in [6, 6.07) is 1.77. The number of hydrogen-bond donors (Lipinski definition) is 1. The first kappa shape index (κ1) is 14.4. The molecule has 2 aromatic heterocycles. The highest BCUT2D eigenvalue weighted by atomic mass is 35.5. The fourth-order valence-corrected chi connectivity index (χ4v) is 1.55. The molecule has 0 aromatic carbocycles. The molecular weight excluding hydrogens is 280 g/mol. The third-order valence-electron chi connectivity index (χ3n) is 2.18. The molecule has 0 amide bonds. The van der Waals surface area contributed by atoms with Gasteiger partial charge in [-0.3, -0.25) is 0 Å². The van der Waals surface area contributed by atoms with Gasteiger partial charge in [-0.15, -0.1) is 0 Å². The summed E-state index contributed by atoms with van der Waals surface area (Å²) in [6.45, 7) is 7.29. The molecule has 0 atom stereocenters. The zero-order valence-electron chi connectivity index (χ0n) is 11.1. The SMILES string of the molecule is C=C(C)COCCNc1nc(Cl)nc(-n2cccn2)n1. The lowest BCUT2D eigenvalue weighted by atomic mass is 10.4. The summed E-state index contributed by atoms with van der Waals surface area (Å²) in [5.74, 6) is 0.745. The van der Waals surface area contributed by atoms with E-state index in [1.54, 1.807) is 18.5 Å². The van der Waals surface area contributed by atoms with Crippen molar-refractivity contribution in [2.24, 2.45) is 0 Å². The highest BCUT2D eigenvalue weighted by Crippen LogP contribution is 2.08. The molecule has 20 heavy (non-hydrogen) atoms. The van der Waals surface area contributed by atoms with Crippen LogP contribution in [0.25, 0.3) is 5.95 Å². The monoisotopic (exact) mass is 294 g/mol. The zero-order valence-corrected chi connectivity index (χ0v) is 11.8. The van der Waals surface area contributed by atoms with E-state index in [4.69, 9.17) is 16.3 Å². The van der Waals surface area contributed by atoms with Crippen molar-refractivity contribution in [1.82, 2.24) is 24.7 Å². The summed E-state index contributed by atoms with van der Waals surface area (Å²) in [7, 11) is 0. The number of rotatable bonds is 7. The third-order valence-corrected chi connectivity index (χ3v) is 2.35. The van der Waals surface area contributed by atoms with Crippen LogP contribution < -0.4 is 5.32 Å². The molecule has 2 rings (SSSR count). The van der Waals surface area contributed by atoms with Crippen LogP contribution in [0, 0.1) is 0 Å². The molecule has 0 fully saturated rings. The van der Waals surface area contributed by atoms with Gasteiger partial charge in [0.15, 0.2) is 0 Å². The van der Waals surface area contributed by atoms with Crippen LogP contribution in [0.1, 0.15) is 6.92 Å². The standard InChI is InChI=1S/C12H15ClN6O/c1-9(2)8-20-7-5-14-11-16-10(13)17-12(18-11)19-6-3-4-15-19/h3-4,6H,1,5,7-8H2,2H3,(H,14,16,17,18). The van der Waals surface area contributed by atoms with Gasteiger partial charge in [-0.25, -0.2) is 4.68 Å². The van der Waals surface area contributed by atoms with Crippen LogP contribution in [0.4, 0.5) is 5.95 Å². The fraction of sp³-hybridized carbons (Fsp3) is 0.333. The minimum Gasteiger partial charge on any atom is -0.375 e. The lowest BCUT2D eigenvalue weighted by Gasteiger charge is -2.07. The molecule has 2 heterocycles. The van der Waals surface area contributed by atoms with E-state index in [9.17, 15) is 0 Å². The van der Waals surface area contributed by atoms with Gasteiger partial charge in [0.2, 0.25) is 11.2 Å². The summed E-state index contributed by atoms with van der Waals surface area (Å²) in [5.41, 5.74) is 0.981. The maximum absolute atomic E-state index is 5.86. The van der Waals surface area contributed by atoms with Gasteiger partial charge in [0.25, 0.3) is 5.95 Å². The van der Waals surface area contributed by atoms with Crippen LogP contribution in [0.3, 0.4) is 0 Å². The van der Waals surface area contributed by atoms with E-state index in [1.807, 2.05) is 6.92 Å². The Morgan fingerprint density at radius 1 is 1.45 bits per heavy atom. The fourth-order valence-electron chi connectivity index (χ4n) is 1.39.